The van der Waals surface area contributed by atoms with Crippen LogP contribution in [-0.4, -0.2) is 8.80 Å². The second kappa shape index (κ2) is 8.58. The maximum Gasteiger partial charge on any atom is 0.699 e. The number of rotatable bonds is 8. The molecule has 3 aromatic carbocycles. The number of hydrogen-bond donors (Lipinski definition) is 0. The molecule has 4 heteroatoms. The van der Waals surface area contributed by atoms with E-state index in [1.165, 1.54) is 0 Å². The lowest BCUT2D eigenvalue weighted by Gasteiger charge is -2.31. The molecule has 3 aromatic rings. The Morgan fingerprint density at radius 1 is 0.577 bits per heavy atom. The van der Waals surface area contributed by atoms with E-state index >= 15 is 0 Å². The summed E-state index contributed by atoms with van der Waals surface area (Å²) in [4.78, 5) is 0. The molecule has 0 aliphatic heterocycles. The summed E-state index contributed by atoms with van der Waals surface area (Å²) in [5, 5.41) is 0. The van der Waals surface area contributed by atoms with E-state index in [0.717, 1.165) is 17.2 Å². The van der Waals surface area contributed by atoms with Gasteiger partial charge >= 0.3 is 8.80 Å². The molecule has 0 saturated heterocycles. The molecule has 0 bridgehead atoms. The third-order valence-electron chi connectivity index (χ3n) is 3.71. The zero-order valence-corrected chi connectivity index (χ0v) is 16.2. The van der Waals surface area contributed by atoms with Crippen molar-refractivity contribution in [3.63, 3.8) is 0 Å². The topological polar surface area (TPSA) is 27.7 Å². The second-order valence-corrected chi connectivity index (χ2v) is 8.91. The van der Waals surface area contributed by atoms with Gasteiger partial charge in [0.1, 0.15) is 17.2 Å². The summed E-state index contributed by atoms with van der Waals surface area (Å²) in [6.45, 7) is 4.30. The first-order valence-electron chi connectivity index (χ1n) is 8.87. The molecular weight excluding hydrogens is 340 g/mol. The predicted molar refractivity (Wildman–Crippen MR) is 107 cm³/mol. The fraction of sp³-hybridized carbons (Fsp3) is 0.182. The third kappa shape index (κ3) is 5.13. The molecule has 3 rings (SSSR count). The van der Waals surface area contributed by atoms with Gasteiger partial charge < -0.3 is 13.3 Å². The molecule has 3 nitrogen and oxygen atoms in total. The average Bonchev–Trinajstić information content (AvgIpc) is 2.63. The maximum absolute atomic E-state index is 6.42. The molecule has 0 unspecified atom stereocenters. The van der Waals surface area contributed by atoms with Gasteiger partial charge in [0.2, 0.25) is 0 Å². The quantitative estimate of drug-likeness (QED) is 0.472. The van der Waals surface area contributed by atoms with Crippen LogP contribution in [0.1, 0.15) is 13.8 Å². The van der Waals surface area contributed by atoms with Crippen LogP contribution >= 0.6 is 0 Å². The zero-order chi connectivity index (χ0) is 18.2. The summed E-state index contributed by atoms with van der Waals surface area (Å²) in [7, 11) is -3.08. The van der Waals surface area contributed by atoms with Crippen LogP contribution in [0.2, 0.25) is 6.04 Å². The van der Waals surface area contributed by atoms with E-state index in [1.807, 2.05) is 91.0 Å². The normalized spacial score (nSPS) is 11.2. The molecular formula is C22H24O3Si. The molecule has 0 aliphatic carbocycles. The molecule has 0 fully saturated rings. The molecule has 0 saturated carbocycles. The van der Waals surface area contributed by atoms with Crippen LogP contribution in [0.4, 0.5) is 0 Å². The van der Waals surface area contributed by atoms with Gasteiger partial charge in [-0.05, 0) is 42.3 Å². The molecule has 0 spiro atoms. The summed E-state index contributed by atoms with van der Waals surface area (Å²) < 4.78 is 19.2. The number of hydrogen-bond acceptors (Lipinski definition) is 3. The van der Waals surface area contributed by atoms with Crippen molar-refractivity contribution >= 4 is 8.80 Å². The molecule has 134 valence electrons. The van der Waals surface area contributed by atoms with Gasteiger partial charge in [-0.15, -0.1) is 0 Å². The van der Waals surface area contributed by atoms with Crippen LogP contribution < -0.4 is 13.3 Å². The smallest absolute Gasteiger partial charge is 0.483 e. The zero-order valence-electron chi connectivity index (χ0n) is 15.2. The largest absolute Gasteiger partial charge is 0.699 e. The highest BCUT2D eigenvalue weighted by Crippen LogP contribution is 2.28. The minimum atomic E-state index is -3.08. The van der Waals surface area contributed by atoms with Gasteiger partial charge in [0.05, 0.1) is 6.04 Å². The molecule has 0 radical (unpaired) electrons. The monoisotopic (exact) mass is 364 g/mol. The van der Waals surface area contributed by atoms with Crippen molar-refractivity contribution in [2.75, 3.05) is 0 Å². The van der Waals surface area contributed by atoms with Gasteiger partial charge in [0.15, 0.2) is 0 Å². The van der Waals surface area contributed by atoms with Crippen molar-refractivity contribution in [1.29, 1.82) is 0 Å². The Hall–Kier alpha value is -2.72. The minimum Gasteiger partial charge on any atom is -0.483 e. The summed E-state index contributed by atoms with van der Waals surface area (Å²) in [6, 6.07) is 29.9. The first-order valence-corrected chi connectivity index (χ1v) is 10.8. The Bertz CT molecular complexity index is 675. The van der Waals surface area contributed by atoms with Gasteiger partial charge in [-0.2, -0.15) is 0 Å². The molecule has 0 heterocycles. The number of para-hydroxylation sites is 3. The highest BCUT2D eigenvalue weighted by Gasteiger charge is 2.49. The Labute approximate surface area is 156 Å². The first kappa shape index (κ1) is 18.1. The first-order chi connectivity index (χ1) is 12.7. The van der Waals surface area contributed by atoms with Gasteiger partial charge in [-0.25, -0.2) is 0 Å². The van der Waals surface area contributed by atoms with E-state index < -0.39 is 8.80 Å². The molecule has 0 amide bonds. The van der Waals surface area contributed by atoms with Gasteiger partial charge in [0, 0.05) is 0 Å². The highest BCUT2D eigenvalue weighted by atomic mass is 28.4. The highest BCUT2D eigenvalue weighted by molar-refractivity contribution is 6.63. The van der Waals surface area contributed by atoms with Crippen molar-refractivity contribution in [3.8, 4) is 17.2 Å². The summed E-state index contributed by atoms with van der Waals surface area (Å²) in [5.41, 5.74) is 0. The van der Waals surface area contributed by atoms with Crippen molar-refractivity contribution < 1.29 is 13.3 Å². The fourth-order valence-electron chi connectivity index (χ4n) is 2.69. The van der Waals surface area contributed by atoms with E-state index in [2.05, 4.69) is 13.8 Å². The van der Waals surface area contributed by atoms with Crippen LogP contribution in [0.15, 0.2) is 91.0 Å². The second-order valence-electron chi connectivity index (χ2n) is 6.53. The summed E-state index contributed by atoms with van der Waals surface area (Å²) in [5.74, 6) is 2.63. The van der Waals surface area contributed by atoms with Crippen LogP contribution in [0.5, 0.6) is 17.2 Å². The molecule has 0 atom stereocenters. The average molecular weight is 365 g/mol. The third-order valence-corrected chi connectivity index (χ3v) is 6.66. The standard InChI is InChI=1S/C22H24O3Si/c1-19(2)18-26(23-20-12-6-3-7-13-20,24-21-14-8-4-9-15-21)25-22-16-10-5-11-17-22/h3-17,19H,18H2,1-2H3. The van der Waals surface area contributed by atoms with Gasteiger partial charge in [-0.3, -0.25) is 0 Å². The van der Waals surface area contributed by atoms with Crippen LogP contribution in [0.3, 0.4) is 0 Å². The molecule has 0 aliphatic rings. The Kier molecular flexibility index (Phi) is 5.97. The van der Waals surface area contributed by atoms with Crippen LogP contribution in [0.25, 0.3) is 0 Å². The SMILES string of the molecule is CC(C)C[Si](Oc1ccccc1)(Oc1ccccc1)Oc1ccccc1. The molecule has 26 heavy (non-hydrogen) atoms. The van der Waals surface area contributed by atoms with Crippen molar-refractivity contribution in [2.24, 2.45) is 5.92 Å². The van der Waals surface area contributed by atoms with Crippen LogP contribution in [-0.2, 0) is 0 Å². The van der Waals surface area contributed by atoms with E-state index in [0.29, 0.717) is 12.0 Å². The van der Waals surface area contributed by atoms with Crippen molar-refractivity contribution in [3.05, 3.63) is 91.0 Å². The lowest BCUT2D eigenvalue weighted by atomic mass is 10.3. The van der Waals surface area contributed by atoms with E-state index in [1.54, 1.807) is 0 Å². The maximum atomic E-state index is 6.42. The Morgan fingerprint density at radius 3 is 1.15 bits per heavy atom. The number of benzene rings is 3. The van der Waals surface area contributed by atoms with Crippen LogP contribution in [0, 0.1) is 5.92 Å². The van der Waals surface area contributed by atoms with Crippen molar-refractivity contribution in [2.45, 2.75) is 19.9 Å². The van der Waals surface area contributed by atoms with Gasteiger partial charge in [0.25, 0.3) is 0 Å². The lowest BCUT2D eigenvalue weighted by Crippen LogP contribution is -2.55. The molecule has 0 aromatic heterocycles. The Morgan fingerprint density at radius 2 is 0.885 bits per heavy atom. The minimum absolute atomic E-state index is 0.359. The lowest BCUT2D eigenvalue weighted by molar-refractivity contribution is 0.253. The summed E-state index contributed by atoms with van der Waals surface area (Å²) >= 11 is 0. The van der Waals surface area contributed by atoms with Gasteiger partial charge in [-0.1, -0.05) is 68.4 Å². The predicted octanol–water partition coefficient (Wildman–Crippen LogP) is 5.82. The fourth-order valence-corrected chi connectivity index (χ4v) is 5.55. The van der Waals surface area contributed by atoms with Crippen molar-refractivity contribution in [1.82, 2.24) is 0 Å². The summed E-state index contributed by atoms with van der Waals surface area (Å²) in [6.07, 6.45) is 0. The van der Waals surface area contributed by atoms with E-state index in [9.17, 15) is 0 Å². The van der Waals surface area contributed by atoms with E-state index in [4.69, 9.17) is 13.3 Å². The molecule has 0 N–H and O–H groups in total. The Balaban J connectivity index is 1.97. The van der Waals surface area contributed by atoms with E-state index in [-0.39, 0.29) is 0 Å².